The van der Waals surface area contributed by atoms with Gasteiger partial charge in [0.1, 0.15) is 11.5 Å². The lowest BCUT2D eigenvalue weighted by Gasteiger charge is -2.24. The zero-order valence-electron chi connectivity index (χ0n) is 15.4. The van der Waals surface area contributed by atoms with Crippen molar-refractivity contribution in [2.45, 2.75) is 38.6 Å². The number of ketones is 1. The van der Waals surface area contributed by atoms with E-state index < -0.39 is 0 Å². The number of rotatable bonds is 5. The Balaban J connectivity index is 1.51. The lowest BCUT2D eigenvalue weighted by atomic mass is 9.92. The van der Waals surface area contributed by atoms with E-state index >= 15 is 0 Å². The predicted molar refractivity (Wildman–Crippen MR) is 105 cm³/mol. The number of para-hydroxylation sites is 1. The van der Waals surface area contributed by atoms with Crippen molar-refractivity contribution in [3.05, 3.63) is 69.4 Å². The minimum atomic E-state index is -0.321. The van der Waals surface area contributed by atoms with Crippen LogP contribution in [0, 0.1) is 5.82 Å². The molecule has 5 nitrogen and oxygen atoms in total. The lowest BCUT2D eigenvalue weighted by molar-refractivity contribution is -0.121. The van der Waals surface area contributed by atoms with Crippen LogP contribution in [0.4, 0.5) is 4.39 Å². The molecule has 7 heteroatoms. The highest BCUT2D eigenvalue weighted by atomic mass is 32.1. The van der Waals surface area contributed by atoms with E-state index in [9.17, 15) is 14.0 Å². The largest absolute Gasteiger partial charge is 0.349 e. The van der Waals surface area contributed by atoms with Gasteiger partial charge in [0.2, 0.25) is 5.91 Å². The quantitative estimate of drug-likeness (QED) is 0.662. The number of thiophene rings is 1. The molecule has 0 radical (unpaired) electrons. The summed E-state index contributed by atoms with van der Waals surface area (Å²) in [4.78, 5) is 24.6. The van der Waals surface area contributed by atoms with Crippen molar-refractivity contribution < 1.29 is 14.0 Å². The number of Topliss-reactive ketones (excluding diaryl/α,β-unsaturated/α-hetero) is 1. The number of hydrogen-bond acceptors (Lipinski definition) is 4. The molecule has 1 N–H and O–H groups in total. The number of nitrogens with zero attached hydrogens (tertiary/aromatic N) is 2. The highest BCUT2D eigenvalue weighted by Gasteiger charge is 2.26. The second-order valence-corrected chi connectivity index (χ2v) is 7.89. The standard InChI is InChI=1S/C21H20FN3O2S/c1-13(26)20-9-14(12-28-20)10-21(27)24-17-6-4-8-18-15(17)11-23-25(18)19-7-3-2-5-16(19)22/h2-3,5,7,9,11-12,17H,4,6,8,10H2,1H3,(H,24,27)/t17-/m0/s1. The lowest BCUT2D eigenvalue weighted by Crippen LogP contribution is -2.32. The van der Waals surface area contributed by atoms with Crippen LogP contribution in [0.5, 0.6) is 0 Å². The third-order valence-corrected chi connectivity index (χ3v) is 6.04. The van der Waals surface area contributed by atoms with Crippen molar-refractivity contribution in [1.82, 2.24) is 15.1 Å². The zero-order chi connectivity index (χ0) is 19.7. The number of fused-ring (bicyclic) bond motifs is 1. The third kappa shape index (κ3) is 3.62. The van der Waals surface area contributed by atoms with Crippen molar-refractivity contribution in [3.8, 4) is 5.69 Å². The van der Waals surface area contributed by atoms with Crippen LogP contribution in [0.1, 0.15) is 52.3 Å². The van der Waals surface area contributed by atoms with Gasteiger partial charge in [0, 0.05) is 11.3 Å². The third-order valence-electron chi connectivity index (χ3n) is 4.96. The Kier molecular flexibility index (Phi) is 5.09. The fourth-order valence-corrected chi connectivity index (χ4v) is 4.44. The smallest absolute Gasteiger partial charge is 0.224 e. The second-order valence-electron chi connectivity index (χ2n) is 6.97. The van der Waals surface area contributed by atoms with Crippen LogP contribution in [-0.2, 0) is 17.6 Å². The first-order chi connectivity index (χ1) is 13.5. The van der Waals surface area contributed by atoms with Gasteiger partial charge in [-0.15, -0.1) is 11.3 Å². The maximum atomic E-state index is 14.2. The van der Waals surface area contributed by atoms with Gasteiger partial charge in [-0.25, -0.2) is 9.07 Å². The Bertz CT molecular complexity index is 1040. The van der Waals surface area contributed by atoms with Gasteiger partial charge in [-0.3, -0.25) is 9.59 Å². The molecular formula is C21H20FN3O2S. The summed E-state index contributed by atoms with van der Waals surface area (Å²) in [5, 5.41) is 9.30. The summed E-state index contributed by atoms with van der Waals surface area (Å²) in [6, 6.07) is 8.19. The Labute approximate surface area is 166 Å². The van der Waals surface area contributed by atoms with Gasteiger partial charge in [-0.1, -0.05) is 12.1 Å². The molecule has 28 heavy (non-hydrogen) atoms. The molecule has 1 atom stereocenters. The average molecular weight is 397 g/mol. The van der Waals surface area contributed by atoms with E-state index in [1.165, 1.54) is 24.3 Å². The van der Waals surface area contributed by atoms with Crippen LogP contribution < -0.4 is 5.32 Å². The van der Waals surface area contributed by atoms with E-state index in [1.807, 2.05) is 5.38 Å². The molecular weight excluding hydrogens is 377 g/mol. The summed E-state index contributed by atoms with van der Waals surface area (Å²) >= 11 is 1.36. The molecule has 0 bridgehead atoms. The number of nitrogens with one attached hydrogen (secondary N) is 1. The van der Waals surface area contributed by atoms with E-state index in [-0.39, 0.29) is 30.0 Å². The maximum absolute atomic E-state index is 14.2. The van der Waals surface area contributed by atoms with Crippen molar-refractivity contribution in [2.75, 3.05) is 0 Å². The molecule has 0 spiro atoms. The molecule has 1 aliphatic carbocycles. The van der Waals surface area contributed by atoms with Crippen molar-refractivity contribution in [2.24, 2.45) is 0 Å². The van der Waals surface area contributed by atoms with Gasteiger partial charge in [-0.05, 0) is 55.3 Å². The van der Waals surface area contributed by atoms with Gasteiger partial charge >= 0.3 is 0 Å². The first kappa shape index (κ1) is 18.6. The minimum absolute atomic E-state index is 0.00846. The molecule has 0 fully saturated rings. The Morgan fingerprint density at radius 2 is 2.18 bits per heavy atom. The molecule has 0 saturated heterocycles. The molecule has 1 aromatic carbocycles. The molecule has 0 unspecified atom stereocenters. The number of carbonyl (C=O) groups excluding carboxylic acids is 2. The topological polar surface area (TPSA) is 64.0 Å². The van der Waals surface area contributed by atoms with Crippen LogP contribution >= 0.6 is 11.3 Å². The highest BCUT2D eigenvalue weighted by Crippen LogP contribution is 2.31. The van der Waals surface area contributed by atoms with Crippen LogP contribution in [0.15, 0.2) is 41.9 Å². The number of carbonyl (C=O) groups is 2. The van der Waals surface area contributed by atoms with Crippen LogP contribution in [-0.4, -0.2) is 21.5 Å². The first-order valence-corrected chi connectivity index (χ1v) is 10.1. The summed E-state index contributed by atoms with van der Waals surface area (Å²) < 4.78 is 15.8. The summed E-state index contributed by atoms with van der Waals surface area (Å²) in [6.07, 6.45) is 4.47. The van der Waals surface area contributed by atoms with Gasteiger partial charge in [0.05, 0.1) is 23.5 Å². The van der Waals surface area contributed by atoms with Gasteiger partial charge in [0.25, 0.3) is 0 Å². The molecule has 1 aliphatic rings. The molecule has 2 heterocycles. The van der Waals surface area contributed by atoms with Crippen molar-refractivity contribution in [3.63, 3.8) is 0 Å². The van der Waals surface area contributed by atoms with Crippen molar-refractivity contribution in [1.29, 1.82) is 0 Å². The minimum Gasteiger partial charge on any atom is -0.349 e. The fourth-order valence-electron chi connectivity index (χ4n) is 3.62. The number of aromatic nitrogens is 2. The monoisotopic (exact) mass is 397 g/mol. The van der Waals surface area contributed by atoms with E-state index in [1.54, 1.807) is 35.1 Å². The molecule has 4 rings (SSSR count). The SMILES string of the molecule is CC(=O)c1cc(CC(=O)N[C@H]2CCCc3c2cnn3-c2ccccc2F)cs1. The van der Waals surface area contributed by atoms with E-state index in [0.717, 1.165) is 36.1 Å². The van der Waals surface area contributed by atoms with Crippen LogP contribution in [0.2, 0.25) is 0 Å². The maximum Gasteiger partial charge on any atom is 0.224 e. The van der Waals surface area contributed by atoms with E-state index in [2.05, 4.69) is 10.4 Å². The van der Waals surface area contributed by atoms with Gasteiger partial charge in [-0.2, -0.15) is 5.10 Å². The molecule has 0 aliphatic heterocycles. The van der Waals surface area contributed by atoms with Crippen molar-refractivity contribution >= 4 is 23.0 Å². The zero-order valence-corrected chi connectivity index (χ0v) is 16.3. The number of hydrogen-bond donors (Lipinski definition) is 1. The van der Waals surface area contributed by atoms with Crippen LogP contribution in [0.3, 0.4) is 0 Å². The Morgan fingerprint density at radius 3 is 2.93 bits per heavy atom. The second kappa shape index (κ2) is 7.67. The summed E-state index contributed by atoms with van der Waals surface area (Å²) in [7, 11) is 0. The first-order valence-electron chi connectivity index (χ1n) is 9.22. The number of halogens is 1. The normalized spacial score (nSPS) is 15.9. The highest BCUT2D eigenvalue weighted by molar-refractivity contribution is 7.12. The van der Waals surface area contributed by atoms with Gasteiger partial charge in [0.15, 0.2) is 5.78 Å². The number of amides is 1. The predicted octanol–water partition coefficient (Wildman–Crippen LogP) is 4.01. The van der Waals surface area contributed by atoms with Gasteiger partial charge < -0.3 is 5.32 Å². The van der Waals surface area contributed by atoms with Crippen LogP contribution in [0.25, 0.3) is 5.69 Å². The average Bonchev–Trinajstić information content (AvgIpc) is 3.30. The molecule has 2 aromatic heterocycles. The summed E-state index contributed by atoms with van der Waals surface area (Å²) in [6.45, 7) is 1.52. The summed E-state index contributed by atoms with van der Waals surface area (Å²) in [5.41, 5.74) is 3.14. The Hall–Kier alpha value is -2.80. The van der Waals surface area contributed by atoms with E-state index in [4.69, 9.17) is 0 Å². The molecule has 1 amide bonds. The Morgan fingerprint density at radius 1 is 1.36 bits per heavy atom. The number of benzene rings is 1. The molecule has 144 valence electrons. The molecule has 0 saturated carbocycles. The fraction of sp³-hybridized carbons (Fsp3) is 0.286. The van der Waals surface area contributed by atoms with E-state index in [0.29, 0.717) is 10.6 Å². The summed E-state index contributed by atoms with van der Waals surface area (Å²) in [5.74, 6) is -0.406. The molecule has 3 aromatic rings.